The van der Waals surface area contributed by atoms with E-state index in [9.17, 15) is 9.59 Å². The van der Waals surface area contributed by atoms with Crippen LogP contribution < -0.4 is 5.32 Å². The number of hydrogen-bond acceptors (Lipinski definition) is 8. The molecule has 0 aliphatic carbocycles. The van der Waals surface area contributed by atoms with Gasteiger partial charge in [-0.15, -0.1) is 11.3 Å². The molecule has 0 spiro atoms. The van der Waals surface area contributed by atoms with Gasteiger partial charge < -0.3 is 19.9 Å². The van der Waals surface area contributed by atoms with Crippen LogP contribution in [0.1, 0.15) is 28.1 Å². The molecule has 8 nitrogen and oxygen atoms in total. The Hall–Kier alpha value is -2.26. The highest BCUT2D eigenvalue weighted by molar-refractivity contribution is 7.20. The lowest BCUT2D eigenvalue weighted by Crippen LogP contribution is -2.09. The third-order valence-electron chi connectivity index (χ3n) is 3.29. The first-order chi connectivity index (χ1) is 11.5. The van der Waals surface area contributed by atoms with Gasteiger partial charge in [0.15, 0.2) is 0 Å². The Morgan fingerprint density at radius 1 is 1.33 bits per heavy atom. The van der Waals surface area contributed by atoms with E-state index in [2.05, 4.69) is 15.3 Å². The molecule has 0 fully saturated rings. The summed E-state index contributed by atoms with van der Waals surface area (Å²) in [5, 5.41) is 12.5. The summed E-state index contributed by atoms with van der Waals surface area (Å²) in [7, 11) is 1.54. The highest BCUT2D eigenvalue weighted by Gasteiger charge is 2.20. The maximum atomic E-state index is 12.2. The number of aromatic nitrogens is 2. The molecule has 2 aromatic heterocycles. The summed E-state index contributed by atoms with van der Waals surface area (Å²) in [6.07, 6.45) is 1.98. The number of methoxy groups -OCH3 is 1. The summed E-state index contributed by atoms with van der Waals surface area (Å²) in [6.45, 7) is 2.82. The second-order valence-electron chi connectivity index (χ2n) is 5.01. The van der Waals surface area contributed by atoms with Gasteiger partial charge in [-0.05, 0) is 18.9 Å². The first kappa shape index (κ1) is 18.1. The van der Waals surface area contributed by atoms with E-state index in [1.165, 1.54) is 24.8 Å². The largest absolute Gasteiger partial charge is 0.481 e. The van der Waals surface area contributed by atoms with Gasteiger partial charge in [-0.3, -0.25) is 4.79 Å². The third-order valence-corrected chi connectivity index (χ3v) is 4.47. The van der Waals surface area contributed by atoms with Crippen LogP contribution in [-0.2, 0) is 14.3 Å². The van der Waals surface area contributed by atoms with E-state index in [1.54, 1.807) is 0 Å². The van der Waals surface area contributed by atoms with E-state index in [1.807, 2.05) is 6.92 Å². The number of carbonyl (C=O) groups is 2. The highest BCUT2D eigenvalue weighted by atomic mass is 32.1. The number of esters is 1. The van der Waals surface area contributed by atoms with Crippen molar-refractivity contribution in [3.8, 4) is 0 Å². The number of nitrogens with one attached hydrogen (secondary N) is 1. The van der Waals surface area contributed by atoms with E-state index in [0.29, 0.717) is 35.1 Å². The molecule has 0 atom stereocenters. The Bertz CT molecular complexity index is 731. The minimum absolute atomic E-state index is 0.0842. The molecule has 0 saturated carbocycles. The van der Waals surface area contributed by atoms with E-state index in [0.717, 1.165) is 10.9 Å². The number of carbonyl (C=O) groups excluding carboxylic acids is 1. The lowest BCUT2D eigenvalue weighted by atomic mass is 10.2. The van der Waals surface area contributed by atoms with Gasteiger partial charge in [0.2, 0.25) is 0 Å². The molecule has 24 heavy (non-hydrogen) atoms. The fraction of sp³-hybridized carbons (Fsp3) is 0.467. The van der Waals surface area contributed by atoms with Crippen molar-refractivity contribution >= 4 is 39.3 Å². The molecular weight excluding hydrogens is 334 g/mol. The molecule has 0 unspecified atom stereocenters. The SMILES string of the molecule is COCCOC(=O)c1sc2ncnc(NCCCC(=O)O)c2c1C. The van der Waals surface area contributed by atoms with E-state index < -0.39 is 11.9 Å². The standard InChI is InChI=1S/C15H19N3O5S/c1-9-11-13(16-5-3-4-10(19)20)17-8-18-14(11)24-12(9)15(21)23-7-6-22-2/h8H,3-7H2,1-2H3,(H,19,20)(H,16,17,18). The van der Waals surface area contributed by atoms with Crippen LogP contribution >= 0.6 is 11.3 Å². The Morgan fingerprint density at radius 3 is 2.83 bits per heavy atom. The van der Waals surface area contributed by atoms with Gasteiger partial charge in [-0.1, -0.05) is 0 Å². The number of rotatable bonds is 9. The van der Waals surface area contributed by atoms with Crippen molar-refractivity contribution in [1.29, 1.82) is 0 Å². The lowest BCUT2D eigenvalue weighted by molar-refractivity contribution is -0.137. The minimum atomic E-state index is -0.836. The topological polar surface area (TPSA) is 111 Å². The molecule has 0 aromatic carbocycles. The molecule has 0 aliphatic heterocycles. The van der Waals surface area contributed by atoms with Crippen molar-refractivity contribution in [1.82, 2.24) is 9.97 Å². The molecule has 130 valence electrons. The molecule has 2 N–H and O–H groups in total. The Morgan fingerprint density at radius 2 is 2.12 bits per heavy atom. The van der Waals surface area contributed by atoms with E-state index in [-0.39, 0.29) is 13.0 Å². The molecule has 2 rings (SSSR count). The number of nitrogens with zero attached hydrogens (tertiary/aromatic N) is 2. The number of ether oxygens (including phenoxy) is 2. The molecule has 0 bridgehead atoms. The number of fused-ring (bicyclic) bond motifs is 1. The van der Waals surface area contributed by atoms with E-state index in [4.69, 9.17) is 14.6 Å². The van der Waals surface area contributed by atoms with Gasteiger partial charge in [0, 0.05) is 20.1 Å². The number of carboxylic acid groups (broad SMARTS) is 1. The average Bonchev–Trinajstić information content (AvgIpc) is 2.89. The number of carboxylic acids is 1. The van der Waals surface area contributed by atoms with Crippen molar-refractivity contribution in [3.63, 3.8) is 0 Å². The smallest absolute Gasteiger partial charge is 0.348 e. The zero-order chi connectivity index (χ0) is 17.5. The number of thiophene rings is 1. The summed E-state index contributed by atoms with van der Waals surface area (Å²) in [5.41, 5.74) is 0.749. The second kappa shape index (κ2) is 8.55. The van der Waals surface area contributed by atoms with Crippen LogP contribution in [-0.4, -0.2) is 53.9 Å². The van der Waals surface area contributed by atoms with E-state index >= 15 is 0 Å². The molecule has 2 aromatic rings. The molecular formula is C15H19N3O5S. The molecule has 0 aliphatic rings. The van der Waals surface area contributed by atoms with Gasteiger partial charge in [0.25, 0.3) is 0 Å². The molecule has 9 heteroatoms. The Balaban J connectivity index is 2.16. The van der Waals surface area contributed by atoms with Crippen LogP contribution in [0.15, 0.2) is 6.33 Å². The van der Waals surface area contributed by atoms with Crippen LogP contribution in [0.5, 0.6) is 0 Å². The first-order valence-corrected chi connectivity index (χ1v) is 8.22. The quantitative estimate of drug-likeness (QED) is 0.521. The minimum Gasteiger partial charge on any atom is -0.481 e. The normalized spacial score (nSPS) is 10.8. The second-order valence-corrected chi connectivity index (χ2v) is 6.01. The fourth-order valence-corrected chi connectivity index (χ4v) is 3.17. The van der Waals surface area contributed by atoms with Crippen LogP contribution in [0.25, 0.3) is 10.2 Å². The molecule has 0 saturated heterocycles. The average molecular weight is 353 g/mol. The molecule has 0 radical (unpaired) electrons. The maximum absolute atomic E-state index is 12.2. The van der Waals surface area contributed by atoms with Gasteiger partial charge in [0.05, 0.1) is 12.0 Å². The molecule has 0 amide bonds. The number of anilines is 1. The predicted octanol–water partition coefficient (Wildman–Crippen LogP) is 2.08. The van der Waals surface area contributed by atoms with Gasteiger partial charge >= 0.3 is 11.9 Å². The first-order valence-electron chi connectivity index (χ1n) is 7.40. The zero-order valence-corrected chi connectivity index (χ0v) is 14.3. The van der Waals surface area contributed by atoms with Crippen molar-refractivity contribution in [2.75, 3.05) is 32.2 Å². The van der Waals surface area contributed by atoms with Gasteiger partial charge in [0.1, 0.15) is 28.5 Å². The van der Waals surface area contributed by atoms with Crippen molar-refractivity contribution in [2.24, 2.45) is 0 Å². The summed E-state index contributed by atoms with van der Waals surface area (Å²) >= 11 is 1.25. The Labute approximate surface area is 142 Å². The van der Waals surface area contributed by atoms with Crippen LogP contribution in [0.4, 0.5) is 5.82 Å². The van der Waals surface area contributed by atoms with Crippen molar-refractivity contribution in [2.45, 2.75) is 19.8 Å². The number of aryl methyl sites for hydroxylation is 1. The summed E-state index contributed by atoms with van der Waals surface area (Å²) in [6, 6.07) is 0. The highest BCUT2D eigenvalue weighted by Crippen LogP contribution is 2.33. The van der Waals surface area contributed by atoms with Crippen LogP contribution in [0.3, 0.4) is 0 Å². The van der Waals surface area contributed by atoms with Crippen LogP contribution in [0, 0.1) is 6.92 Å². The summed E-state index contributed by atoms with van der Waals surface area (Å²) in [4.78, 5) is 32.3. The van der Waals surface area contributed by atoms with Crippen molar-refractivity contribution < 1.29 is 24.2 Å². The summed E-state index contributed by atoms with van der Waals surface area (Å²) < 4.78 is 10.0. The summed E-state index contributed by atoms with van der Waals surface area (Å²) in [5.74, 6) is -0.656. The monoisotopic (exact) mass is 353 g/mol. The van der Waals surface area contributed by atoms with Crippen LogP contribution in [0.2, 0.25) is 0 Å². The number of aliphatic carboxylic acids is 1. The number of hydrogen-bond donors (Lipinski definition) is 2. The lowest BCUT2D eigenvalue weighted by Gasteiger charge is -2.06. The fourth-order valence-electron chi connectivity index (χ4n) is 2.13. The maximum Gasteiger partial charge on any atom is 0.348 e. The Kier molecular flexibility index (Phi) is 6.44. The predicted molar refractivity (Wildman–Crippen MR) is 89.7 cm³/mol. The molecule has 2 heterocycles. The third kappa shape index (κ3) is 4.39. The zero-order valence-electron chi connectivity index (χ0n) is 13.5. The van der Waals surface area contributed by atoms with Crippen molar-refractivity contribution in [3.05, 3.63) is 16.8 Å². The van der Waals surface area contributed by atoms with Gasteiger partial charge in [-0.2, -0.15) is 0 Å². The van der Waals surface area contributed by atoms with Gasteiger partial charge in [-0.25, -0.2) is 14.8 Å².